The van der Waals surface area contributed by atoms with Crippen molar-refractivity contribution in [3.63, 3.8) is 0 Å². The molecule has 1 atom stereocenters. The molecule has 0 bridgehead atoms. The number of alkyl halides is 3. The molecule has 0 aliphatic carbocycles. The van der Waals surface area contributed by atoms with Crippen LogP contribution in [0.2, 0.25) is 0 Å². The van der Waals surface area contributed by atoms with Gasteiger partial charge in [-0.2, -0.15) is 0 Å². The van der Waals surface area contributed by atoms with E-state index in [0.717, 1.165) is 18.2 Å². The lowest BCUT2D eigenvalue weighted by Gasteiger charge is -2.12. The Balaban J connectivity index is 1.88. The van der Waals surface area contributed by atoms with Crippen LogP contribution in [0.25, 0.3) is 6.08 Å². The minimum Gasteiger partial charge on any atom is -0.449 e. The summed E-state index contributed by atoms with van der Waals surface area (Å²) in [6.07, 6.45) is -3.69. The number of carbonyl (C=O) groups excluding carboxylic acids is 2. The summed E-state index contributed by atoms with van der Waals surface area (Å²) in [6.45, 7) is 1.31. The average Bonchev–Trinajstić information content (AvgIpc) is 2.61. The maximum Gasteiger partial charge on any atom is 0.573 e. The number of hydrogen-bond donors (Lipinski definition) is 1. The van der Waals surface area contributed by atoms with Gasteiger partial charge in [0.05, 0.1) is 5.69 Å². The lowest BCUT2D eigenvalue weighted by atomic mass is 10.2. The second kappa shape index (κ2) is 9.03. The molecular weight excluding hydrogens is 382 g/mol. The molecule has 0 heterocycles. The third kappa shape index (κ3) is 6.75. The normalized spacial score (nSPS) is 12.5. The molecule has 2 aromatic carbocycles. The predicted molar refractivity (Wildman–Crippen MR) is 92.7 cm³/mol. The first-order valence-electron chi connectivity index (χ1n) is 7.94. The van der Waals surface area contributed by atoms with Gasteiger partial charge in [0, 0.05) is 6.08 Å². The lowest BCUT2D eigenvalue weighted by molar-refractivity contribution is -0.274. The van der Waals surface area contributed by atoms with Gasteiger partial charge in [-0.1, -0.05) is 24.3 Å². The number of anilines is 1. The Labute approximate surface area is 157 Å². The number of benzene rings is 2. The van der Waals surface area contributed by atoms with Crippen molar-refractivity contribution in [1.82, 2.24) is 0 Å². The molecule has 0 radical (unpaired) electrons. The first-order valence-corrected chi connectivity index (χ1v) is 7.94. The highest BCUT2D eigenvalue weighted by atomic mass is 19.4. The van der Waals surface area contributed by atoms with E-state index >= 15 is 0 Å². The molecule has 0 aromatic heterocycles. The Kier molecular flexibility index (Phi) is 6.75. The molecule has 0 spiro atoms. The topological polar surface area (TPSA) is 64.6 Å². The zero-order valence-corrected chi connectivity index (χ0v) is 14.5. The van der Waals surface area contributed by atoms with E-state index in [1.54, 1.807) is 0 Å². The number of esters is 1. The molecule has 0 saturated heterocycles. The van der Waals surface area contributed by atoms with Gasteiger partial charge in [-0.15, -0.1) is 13.2 Å². The molecule has 148 valence electrons. The summed E-state index contributed by atoms with van der Waals surface area (Å²) in [7, 11) is 0. The van der Waals surface area contributed by atoms with Crippen LogP contribution in [0.3, 0.4) is 0 Å². The van der Waals surface area contributed by atoms with Crippen LogP contribution < -0.4 is 10.1 Å². The Morgan fingerprint density at radius 2 is 1.71 bits per heavy atom. The van der Waals surface area contributed by atoms with Crippen LogP contribution in [0.15, 0.2) is 54.6 Å². The first-order chi connectivity index (χ1) is 13.1. The van der Waals surface area contributed by atoms with Crippen molar-refractivity contribution < 1.29 is 36.6 Å². The molecule has 9 heteroatoms. The third-order valence-corrected chi connectivity index (χ3v) is 3.32. The number of amides is 1. The molecule has 0 aliphatic rings. The molecule has 28 heavy (non-hydrogen) atoms. The monoisotopic (exact) mass is 397 g/mol. The molecule has 0 unspecified atom stereocenters. The van der Waals surface area contributed by atoms with Gasteiger partial charge < -0.3 is 14.8 Å². The summed E-state index contributed by atoms with van der Waals surface area (Å²) in [5.74, 6) is -2.61. The van der Waals surface area contributed by atoms with Gasteiger partial charge in [0.1, 0.15) is 11.6 Å². The number of ether oxygens (including phenoxy) is 2. The van der Waals surface area contributed by atoms with Crippen LogP contribution in [0, 0.1) is 5.82 Å². The van der Waals surface area contributed by atoms with Crippen molar-refractivity contribution in [2.45, 2.75) is 19.4 Å². The van der Waals surface area contributed by atoms with Crippen molar-refractivity contribution >= 4 is 23.6 Å². The maximum atomic E-state index is 13.5. The summed E-state index contributed by atoms with van der Waals surface area (Å²) >= 11 is 0. The number of nitrogens with one attached hydrogen (secondary N) is 1. The molecule has 5 nitrogen and oxygen atoms in total. The molecule has 0 aliphatic heterocycles. The van der Waals surface area contributed by atoms with Crippen molar-refractivity contribution in [1.29, 1.82) is 0 Å². The molecule has 0 fully saturated rings. The highest BCUT2D eigenvalue weighted by Gasteiger charge is 2.30. The van der Waals surface area contributed by atoms with Crippen molar-refractivity contribution in [3.05, 3.63) is 66.0 Å². The van der Waals surface area contributed by atoms with Crippen LogP contribution in [0.1, 0.15) is 12.5 Å². The van der Waals surface area contributed by atoms with E-state index in [0.29, 0.717) is 5.56 Å². The zero-order valence-electron chi connectivity index (χ0n) is 14.5. The Morgan fingerprint density at radius 1 is 1.07 bits per heavy atom. The van der Waals surface area contributed by atoms with Gasteiger partial charge in [-0.3, -0.25) is 4.79 Å². The quantitative estimate of drug-likeness (QED) is 0.448. The van der Waals surface area contributed by atoms with Gasteiger partial charge >= 0.3 is 12.3 Å². The van der Waals surface area contributed by atoms with Gasteiger partial charge in [-0.05, 0) is 42.8 Å². The van der Waals surface area contributed by atoms with E-state index in [1.165, 1.54) is 49.4 Å². The molecule has 2 rings (SSSR count). The van der Waals surface area contributed by atoms with Crippen LogP contribution in [-0.2, 0) is 14.3 Å². The lowest BCUT2D eigenvalue weighted by Crippen LogP contribution is -2.29. The summed E-state index contributed by atoms with van der Waals surface area (Å²) in [5, 5.41) is 2.29. The van der Waals surface area contributed by atoms with E-state index in [4.69, 9.17) is 4.74 Å². The number of hydrogen-bond acceptors (Lipinski definition) is 4. The fourth-order valence-corrected chi connectivity index (χ4v) is 2.01. The number of halogens is 4. The summed E-state index contributed by atoms with van der Waals surface area (Å²) in [4.78, 5) is 23.7. The van der Waals surface area contributed by atoms with Crippen LogP contribution in [0.5, 0.6) is 5.75 Å². The average molecular weight is 397 g/mol. The smallest absolute Gasteiger partial charge is 0.449 e. The molecule has 1 N–H and O–H groups in total. The zero-order chi connectivity index (χ0) is 20.7. The third-order valence-electron chi connectivity index (χ3n) is 3.32. The SMILES string of the molecule is C[C@@H](OC(=O)/C=C/c1ccc(OC(F)(F)F)cc1)C(=O)Nc1ccccc1F. The van der Waals surface area contributed by atoms with Gasteiger partial charge in [0.25, 0.3) is 5.91 Å². The second-order valence-electron chi connectivity index (χ2n) is 5.50. The summed E-state index contributed by atoms with van der Waals surface area (Å²) < 4.78 is 58.4. The minimum atomic E-state index is -4.79. The molecule has 0 saturated carbocycles. The number of para-hydroxylation sites is 1. The predicted octanol–water partition coefficient (Wildman–Crippen LogP) is 4.31. The largest absolute Gasteiger partial charge is 0.573 e. The van der Waals surface area contributed by atoms with Crippen molar-refractivity contribution in [2.75, 3.05) is 5.32 Å². The van der Waals surface area contributed by atoms with E-state index in [-0.39, 0.29) is 5.69 Å². The Morgan fingerprint density at radius 3 is 2.32 bits per heavy atom. The fourth-order valence-electron chi connectivity index (χ4n) is 2.01. The Hall–Kier alpha value is -3.36. The molecule has 1 amide bonds. The van der Waals surface area contributed by atoms with Crippen LogP contribution in [-0.4, -0.2) is 24.3 Å². The van der Waals surface area contributed by atoms with E-state index in [9.17, 15) is 27.2 Å². The van der Waals surface area contributed by atoms with Crippen LogP contribution >= 0.6 is 0 Å². The van der Waals surface area contributed by atoms with Gasteiger partial charge in [0.15, 0.2) is 6.10 Å². The number of rotatable bonds is 6. The first kappa shape index (κ1) is 20.9. The fraction of sp³-hybridized carbons (Fsp3) is 0.158. The molecular formula is C19H15F4NO4. The standard InChI is InChI=1S/C19H15F4NO4/c1-12(18(26)24-16-5-3-2-4-15(16)20)27-17(25)11-8-13-6-9-14(10-7-13)28-19(21,22)23/h2-12H,1H3,(H,24,26)/b11-8+/t12-/m1/s1. The minimum absolute atomic E-state index is 0.0490. The van der Waals surface area contributed by atoms with Gasteiger partial charge in [-0.25, -0.2) is 9.18 Å². The summed E-state index contributed by atoms with van der Waals surface area (Å²) in [5.41, 5.74) is 0.363. The van der Waals surface area contributed by atoms with Gasteiger partial charge in [0.2, 0.25) is 0 Å². The highest BCUT2D eigenvalue weighted by Crippen LogP contribution is 2.23. The van der Waals surface area contributed by atoms with E-state index in [2.05, 4.69) is 10.1 Å². The van der Waals surface area contributed by atoms with Crippen molar-refractivity contribution in [2.24, 2.45) is 0 Å². The maximum absolute atomic E-state index is 13.5. The Bertz CT molecular complexity index is 863. The van der Waals surface area contributed by atoms with Crippen molar-refractivity contribution in [3.8, 4) is 5.75 Å². The highest BCUT2D eigenvalue weighted by molar-refractivity contribution is 5.96. The van der Waals surface area contributed by atoms with Crippen LogP contribution in [0.4, 0.5) is 23.2 Å². The van der Waals surface area contributed by atoms with E-state index in [1.807, 2.05) is 0 Å². The number of carbonyl (C=O) groups is 2. The second-order valence-corrected chi connectivity index (χ2v) is 5.50. The summed E-state index contributed by atoms with van der Waals surface area (Å²) in [6, 6.07) is 10.3. The molecule has 2 aromatic rings. The van der Waals surface area contributed by atoms with E-state index < -0.39 is 35.9 Å².